The van der Waals surface area contributed by atoms with E-state index in [-0.39, 0.29) is 5.91 Å². The topological polar surface area (TPSA) is 64.0 Å². The highest BCUT2D eigenvalue weighted by Crippen LogP contribution is 2.05. The second kappa shape index (κ2) is 6.76. The van der Waals surface area contributed by atoms with E-state index in [0.717, 1.165) is 31.4 Å². The minimum atomic E-state index is -0.201. The lowest BCUT2D eigenvalue weighted by atomic mass is 10.1. The van der Waals surface area contributed by atoms with Crippen LogP contribution in [-0.4, -0.2) is 21.9 Å². The zero-order chi connectivity index (χ0) is 11.8. The average molecular weight is 223 g/mol. The van der Waals surface area contributed by atoms with E-state index in [9.17, 15) is 9.59 Å². The SMILES string of the molecule is Cn1cnc(CCCCCC(=O)NC=O)c1. The molecule has 16 heavy (non-hydrogen) atoms. The van der Waals surface area contributed by atoms with E-state index < -0.39 is 0 Å². The number of rotatable bonds is 7. The molecule has 0 fully saturated rings. The van der Waals surface area contributed by atoms with Gasteiger partial charge in [-0.25, -0.2) is 4.98 Å². The quantitative estimate of drug-likeness (QED) is 0.549. The smallest absolute Gasteiger partial charge is 0.226 e. The van der Waals surface area contributed by atoms with Gasteiger partial charge in [-0.05, 0) is 19.3 Å². The van der Waals surface area contributed by atoms with Gasteiger partial charge in [-0.15, -0.1) is 0 Å². The molecule has 0 unspecified atom stereocenters. The molecule has 0 aliphatic heterocycles. The fourth-order valence-corrected chi connectivity index (χ4v) is 1.50. The first kappa shape index (κ1) is 12.4. The maximum absolute atomic E-state index is 10.9. The summed E-state index contributed by atoms with van der Waals surface area (Å²) in [4.78, 5) is 25.1. The Hall–Kier alpha value is -1.65. The number of nitrogens with zero attached hydrogens (tertiary/aromatic N) is 2. The monoisotopic (exact) mass is 223 g/mol. The largest absolute Gasteiger partial charge is 0.340 e. The minimum absolute atomic E-state index is 0.201. The number of carbonyl (C=O) groups is 2. The Bertz CT molecular complexity index is 347. The van der Waals surface area contributed by atoms with Crippen LogP contribution in [0.5, 0.6) is 0 Å². The number of imidazole rings is 1. The molecule has 0 aliphatic carbocycles. The molecule has 0 aliphatic rings. The van der Waals surface area contributed by atoms with E-state index in [4.69, 9.17) is 0 Å². The van der Waals surface area contributed by atoms with E-state index in [1.165, 1.54) is 0 Å². The van der Waals surface area contributed by atoms with Crippen LogP contribution in [0, 0.1) is 0 Å². The molecule has 5 nitrogen and oxygen atoms in total. The van der Waals surface area contributed by atoms with Crippen molar-refractivity contribution in [2.24, 2.45) is 7.05 Å². The maximum atomic E-state index is 10.9. The van der Waals surface area contributed by atoms with Gasteiger partial charge in [0.05, 0.1) is 12.0 Å². The summed E-state index contributed by atoms with van der Waals surface area (Å²) in [6.07, 6.45) is 8.38. The van der Waals surface area contributed by atoms with Gasteiger partial charge in [0, 0.05) is 19.7 Å². The summed E-state index contributed by atoms with van der Waals surface area (Å²) in [5, 5.41) is 2.12. The summed E-state index contributed by atoms with van der Waals surface area (Å²) < 4.78 is 1.92. The Morgan fingerprint density at radius 1 is 1.50 bits per heavy atom. The van der Waals surface area contributed by atoms with Crippen molar-refractivity contribution in [1.29, 1.82) is 0 Å². The molecule has 1 aromatic rings. The maximum Gasteiger partial charge on any atom is 0.226 e. The number of hydrogen-bond acceptors (Lipinski definition) is 3. The van der Waals surface area contributed by atoms with Crippen LogP contribution in [0.4, 0.5) is 0 Å². The second-order valence-electron chi connectivity index (χ2n) is 3.78. The van der Waals surface area contributed by atoms with Crippen molar-refractivity contribution in [1.82, 2.24) is 14.9 Å². The van der Waals surface area contributed by atoms with Gasteiger partial charge < -0.3 is 4.57 Å². The first-order chi connectivity index (χ1) is 7.72. The number of imide groups is 1. The van der Waals surface area contributed by atoms with Gasteiger partial charge in [0.1, 0.15) is 0 Å². The predicted molar refractivity (Wildman–Crippen MR) is 59.6 cm³/mol. The van der Waals surface area contributed by atoms with E-state index >= 15 is 0 Å². The van der Waals surface area contributed by atoms with Crippen LogP contribution >= 0.6 is 0 Å². The average Bonchev–Trinajstić information content (AvgIpc) is 2.64. The van der Waals surface area contributed by atoms with Crippen molar-refractivity contribution in [3.63, 3.8) is 0 Å². The van der Waals surface area contributed by atoms with Crippen LogP contribution in [0.3, 0.4) is 0 Å². The highest BCUT2D eigenvalue weighted by atomic mass is 16.2. The fraction of sp³-hybridized carbons (Fsp3) is 0.545. The van der Waals surface area contributed by atoms with E-state index in [1.54, 1.807) is 6.33 Å². The Kier molecular flexibility index (Phi) is 5.25. The molecule has 0 spiro atoms. The Morgan fingerprint density at radius 2 is 2.31 bits per heavy atom. The molecule has 1 rings (SSSR count). The van der Waals surface area contributed by atoms with Crippen molar-refractivity contribution < 1.29 is 9.59 Å². The molecule has 1 aromatic heterocycles. The third-order valence-corrected chi connectivity index (χ3v) is 2.32. The molecule has 0 atom stereocenters. The summed E-state index contributed by atoms with van der Waals surface area (Å²) >= 11 is 0. The molecule has 1 heterocycles. The molecule has 88 valence electrons. The molecule has 0 saturated heterocycles. The number of carbonyl (C=O) groups excluding carboxylic acids is 2. The van der Waals surface area contributed by atoms with Gasteiger partial charge in [-0.2, -0.15) is 0 Å². The van der Waals surface area contributed by atoms with E-state index in [0.29, 0.717) is 12.8 Å². The van der Waals surface area contributed by atoms with Crippen LogP contribution in [-0.2, 0) is 23.1 Å². The van der Waals surface area contributed by atoms with Crippen molar-refractivity contribution in [3.05, 3.63) is 18.2 Å². The normalized spacial score (nSPS) is 10.1. The molecule has 1 N–H and O–H groups in total. The number of nitrogens with one attached hydrogen (secondary N) is 1. The summed E-state index contributed by atoms with van der Waals surface area (Å²) in [5.74, 6) is -0.201. The number of aromatic nitrogens is 2. The van der Waals surface area contributed by atoms with Crippen molar-refractivity contribution >= 4 is 12.3 Å². The minimum Gasteiger partial charge on any atom is -0.340 e. The summed E-state index contributed by atoms with van der Waals surface area (Å²) in [6.45, 7) is 0. The molecule has 5 heteroatoms. The number of amides is 2. The van der Waals surface area contributed by atoms with Crippen LogP contribution in [0.15, 0.2) is 12.5 Å². The van der Waals surface area contributed by atoms with Crippen molar-refractivity contribution in [2.75, 3.05) is 0 Å². The Labute approximate surface area is 94.9 Å². The van der Waals surface area contributed by atoms with Crippen LogP contribution in [0.2, 0.25) is 0 Å². The van der Waals surface area contributed by atoms with Gasteiger partial charge in [0.2, 0.25) is 12.3 Å². The molecule has 2 amide bonds. The molecule has 0 bridgehead atoms. The fourth-order valence-electron chi connectivity index (χ4n) is 1.50. The predicted octanol–water partition coefficient (Wildman–Crippen LogP) is 0.796. The summed E-state index contributed by atoms with van der Waals surface area (Å²) in [5.41, 5.74) is 1.08. The summed E-state index contributed by atoms with van der Waals surface area (Å²) in [6, 6.07) is 0. The Balaban J connectivity index is 2.04. The lowest BCUT2D eigenvalue weighted by Gasteiger charge is -1.99. The first-order valence-corrected chi connectivity index (χ1v) is 5.42. The third kappa shape index (κ3) is 4.72. The van der Waals surface area contributed by atoms with Gasteiger partial charge >= 0.3 is 0 Å². The first-order valence-electron chi connectivity index (χ1n) is 5.42. The van der Waals surface area contributed by atoms with E-state index in [1.807, 2.05) is 17.8 Å². The van der Waals surface area contributed by atoms with Gasteiger partial charge in [0.25, 0.3) is 0 Å². The zero-order valence-electron chi connectivity index (χ0n) is 9.48. The summed E-state index contributed by atoms with van der Waals surface area (Å²) in [7, 11) is 1.94. The van der Waals surface area contributed by atoms with Crippen molar-refractivity contribution in [2.45, 2.75) is 32.1 Å². The lowest BCUT2D eigenvalue weighted by Crippen LogP contribution is -2.20. The molecular weight excluding hydrogens is 206 g/mol. The second-order valence-corrected chi connectivity index (χ2v) is 3.78. The van der Waals surface area contributed by atoms with Crippen LogP contribution in [0.25, 0.3) is 0 Å². The highest BCUT2D eigenvalue weighted by molar-refractivity contribution is 5.85. The third-order valence-electron chi connectivity index (χ3n) is 2.32. The number of hydrogen-bond donors (Lipinski definition) is 1. The van der Waals surface area contributed by atoms with E-state index in [2.05, 4.69) is 10.3 Å². The molecular formula is C11H17N3O2. The standard InChI is InChI=1S/C11H17N3O2/c1-14-7-10(12-8-14)5-3-2-4-6-11(16)13-9-15/h7-9H,2-6H2,1H3,(H,13,15,16). The van der Waals surface area contributed by atoms with Gasteiger partial charge in [-0.1, -0.05) is 6.42 Å². The number of unbranched alkanes of at least 4 members (excludes halogenated alkanes) is 2. The lowest BCUT2D eigenvalue weighted by molar-refractivity contribution is -0.125. The van der Waals surface area contributed by atoms with Gasteiger partial charge in [-0.3, -0.25) is 14.9 Å². The van der Waals surface area contributed by atoms with Crippen LogP contribution < -0.4 is 5.32 Å². The number of aryl methyl sites for hydroxylation is 2. The molecule has 0 aromatic carbocycles. The molecule has 0 saturated carbocycles. The van der Waals surface area contributed by atoms with Crippen LogP contribution in [0.1, 0.15) is 31.4 Å². The van der Waals surface area contributed by atoms with Gasteiger partial charge in [0.15, 0.2) is 0 Å². The molecule has 0 radical (unpaired) electrons. The highest BCUT2D eigenvalue weighted by Gasteiger charge is 2.00. The zero-order valence-corrected chi connectivity index (χ0v) is 9.48. The Morgan fingerprint density at radius 3 is 2.94 bits per heavy atom. The van der Waals surface area contributed by atoms with Crippen molar-refractivity contribution in [3.8, 4) is 0 Å².